The summed E-state index contributed by atoms with van der Waals surface area (Å²) in [5, 5.41) is 3.05. The standard InChI is InChI=1S/C5H8N2S/c1-4-2-3-8-5(4)7-6/h2-3,7H,6H2,1H3. The summed E-state index contributed by atoms with van der Waals surface area (Å²) in [5.41, 5.74) is 3.80. The average Bonchev–Trinajstić information content (AvgIpc) is 2.14. The molecule has 0 atom stereocenters. The second kappa shape index (κ2) is 2.15. The molecule has 3 N–H and O–H groups in total. The van der Waals surface area contributed by atoms with Gasteiger partial charge in [-0.25, -0.2) is 5.84 Å². The van der Waals surface area contributed by atoms with E-state index >= 15 is 0 Å². The van der Waals surface area contributed by atoms with Crippen LogP contribution < -0.4 is 11.3 Å². The highest BCUT2D eigenvalue weighted by molar-refractivity contribution is 7.14. The van der Waals surface area contributed by atoms with Gasteiger partial charge < -0.3 is 5.43 Å². The van der Waals surface area contributed by atoms with Gasteiger partial charge in [0.1, 0.15) is 5.00 Å². The number of nitrogen functional groups attached to an aromatic ring is 1. The molecule has 0 spiro atoms. The van der Waals surface area contributed by atoms with Gasteiger partial charge in [-0.05, 0) is 23.9 Å². The molecule has 0 saturated heterocycles. The van der Waals surface area contributed by atoms with Gasteiger partial charge in [-0.15, -0.1) is 11.3 Å². The minimum Gasteiger partial charge on any atom is -0.315 e. The molecule has 0 aliphatic rings. The van der Waals surface area contributed by atoms with Gasteiger partial charge in [-0.1, -0.05) is 0 Å². The lowest BCUT2D eigenvalue weighted by Crippen LogP contribution is -2.05. The molecule has 0 fully saturated rings. The highest BCUT2D eigenvalue weighted by atomic mass is 32.1. The van der Waals surface area contributed by atoms with Crippen LogP contribution in [0.3, 0.4) is 0 Å². The van der Waals surface area contributed by atoms with Crippen molar-refractivity contribution in [1.82, 2.24) is 0 Å². The monoisotopic (exact) mass is 128 g/mol. The van der Waals surface area contributed by atoms with Gasteiger partial charge in [0.05, 0.1) is 0 Å². The zero-order chi connectivity index (χ0) is 5.98. The Morgan fingerprint density at radius 3 is 2.75 bits per heavy atom. The van der Waals surface area contributed by atoms with E-state index < -0.39 is 0 Å². The van der Waals surface area contributed by atoms with Crippen LogP contribution in [0.15, 0.2) is 11.4 Å². The maximum atomic E-state index is 5.16. The van der Waals surface area contributed by atoms with E-state index in [1.807, 2.05) is 18.4 Å². The lowest BCUT2D eigenvalue weighted by molar-refractivity contribution is 1.36. The fourth-order valence-corrected chi connectivity index (χ4v) is 1.25. The molecular weight excluding hydrogens is 120 g/mol. The Bertz CT molecular complexity index is 171. The summed E-state index contributed by atoms with van der Waals surface area (Å²) >= 11 is 1.61. The van der Waals surface area contributed by atoms with Crippen LogP contribution in [0.5, 0.6) is 0 Å². The molecule has 0 radical (unpaired) electrons. The number of rotatable bonds is 1. The third kappa shape index (κ3) is 0.827. The Morgan fingerprint density at radius 1 is 1.75 bits per heavy atom. The van der Waals surface area contributed by atoms with Crippen molar-refractivity contribution in [3.8, 4) is 0 Å². The average molecular weight is 128 g/mol. The molecule has 0 aromatic carbocycles. The maximum absolute atomic E-state index is 5.16. The molecule has 0 saturated carbocycles. The molecule has 0 aliphatic carbocycles. The number of hydrogen-bond acceptors (Lipinski definition) is 3. The van der Waals surface area contributed by atoms with Crippen molar-refractivity contribution in [3.63, 3.8) is 0 Å². The van der Waals surface area contributed by atoms with Crippen molar-refractivity contribution >= 4 is 16.3 Å². The molecule has 1 aromatic rings. The Hall–Kier alpha value is -0.540. The normalized spacial score (nSPS) is 9.25. The summed E-state index contributed by atoms with van der Waals surface area (Å²) < 4.78 is 0. The van der Waals surface area contributed by atoms with E-state index in [9.17, 15) is 0 Å². The summed E-state index contributed by atoms with van der Waals surface area (Å²) in [4.78, 5) is 0. The number of aryl methyl sites for hydroxylation is 1. The summed E-state index contributed by atoms with van der Waals surface area (Å²) in [6.45, 7) is 2.02. The van der Waals surface area contributed by atoms with Gasteiger partial charge in [-0.3, -0.25) is 0 Å². The highest BCUT2D eigenvalue weighted by Crippen LogP contribution is 2.19. The largest absolute Gasteiger partial charge is 0.315 e. The first-order valence-electron chi connectivity index (χ1n) is 2.35. The molecule has 0 unspecified atom stereocenters. The minimum atomic E-state index is 1.05. The first-order chi connectivity index (χ1) is 3.84. The van der Waals surface area contributed by atoms with E-state index in [2.05, 4.69) is 5.43 Å². The number of nitrogens with two attached hydrogens (primary N) is 1. The zero-order valence-electron chi connectivity index (χ0n) is 4.64. The maximum Gasteiger partial charge on any atom is 0.105 e. The number of thiophene rings is 1. The van der Waals surface area contributed by atoms with Gasteiger partial charge in [0.2, 0.25) is 0 Å². The summed E-state index contributed by atoms with van der Waals surface area (Å²) in [7, 11) is 0. The van der Waals surface area contributed by atoms with Crippen LogP contribution in [-0.2, 0) is 0 Å². The molecule has 0 bridgehead atoms. The van der Waals surface area contributed by atoms with Crippen LogP contribution in [0.1, 0.15) is 5.56 Å². The van der Waals surface area contributed by atoms with Gasteiger partial charge in [-0.2, -0.15) is 0 Å². The molecule has 1 aromatic heterocycles. The SMILES string of the molecule is Cc1ccsc1NN. The van der Waals surface area contributed by atoms with Crippen LogP contribution >= 0.6 is 11.3 Å². The lowest BCUT2D eigenvalue weighted by atomic mass is 10.4. The van der Waals surface area contributed by atoms with E-state index in [0.717, 1.165) is 5.00 Å². The van der Waals surface area contributed by atoms with Gasteiger partial charge in [0.25, 0.3) is 0 Å². The fraction of sp³-hybridized carbons (Fsp3) is 0.200. The second-order valence-corrected chi connectivity index (χ2v) is 2.49. The quantitative estimate of drug-likeness (QED) is 0.442. The third-order valence-corrected chi connectivity index (χ3v) is 1.94. The third-order valence-electron chi connectivity index (χ3n) is 0.993. The molecule has 2 nitrogen and oxygen atoms in total. The van der Waals surface area contributed by atoms with Crippen LogP contribution in [0.2, 0.25) is 0 Å². The fourth-order valence-electron chi connectivity index (χ4n) is 0.521. The van der Waals surface area contributed by atoms with Crippen molar-refractivity contribution in [1.29, 1.82) is 0 Å². The van der Waals surface area contributed by atoms with Gasteiger partial charge in [0.15, 0.2) is 0 Å². The first-order valence-corrected chi connectivity index (χ1v) is 3.23. The molecule has 0 aliphatic heterocycles. The van der Waals surface area contributed by atoms with Crippen LogP contribution in [-0.4, -0.2) is 0 Å². The Labute approximate surface area is 52.3 Å². The Kier molecular flexibility index (Phi) is 1.50. The topological polar surface area (TPSA) is 38.0 Å². The first kappa shape index (κ1) is 5.59. The predicted octanol–water partition coefficient (Wildman–Crippen LogP) is 1.34. The van der Waals surface area contributed by atoms with Crippen LogP contribution in [0.4, 0.5) is 5.00 Å². The van der Waals surface area contributed by atoms with Gasteiger partial charge >= 0.3 is 0 Å². The van der Waals surface area contributed by atoms with E-state index in [1.54, 1.807) is 11.3 Å². The predicted molar refractivity (Wildman–Crippen MR) is 36.9 cm³/mol. The number of hydrazine groups is 1. The molecule has 1 rings (SSSR count). The van der Waals surface area contributed by atoms with E-state index in [-0.39, 0.29) is 0 Å². The summed E-state index contributed by atoms with van der Waals surface area (Å²) in [5.74, 6) is 5.16. The lowest BCUT2D eigenvalue weighted by Gasteiger charge is -1.92. The number of anilines is 1. The van der Waals surface area contributed by atoms with Crippen LogP contribution in [0.25, 0.3) is 0 Å². The van der Waals surface area contributed by atoms with Gasteiger partial charge in [0, 0.05) is 0 Å². The molecule has 3 heteroatoms. The Balaban J connectivity index is 2.92. The molecule has 1 heterocycles. The van der Waals surface area contributed by atoms with Crippen molar-refractivity contribution in [3.05, 3.63) is 17.0 Å². The van der Waals surface area contributed by atoms with E-state index in [4.69, 9.17) is 5.84 Å². The number of nitrogens with one attached hydrogen (secondary N) is 1. The van der Waals surface area contributed by atoms with Crippen molar-refractivity contribution < 1.29 is 0 Å². The van der Waals surface area contributed by atoms with Crippen molar-refractivity contribution in [2.24, 2.45) is 5.84 Å². The molecular formula is C5H8N2S. The highest BCUT2D eigenvalue weighted by Gasteiger charge is 1.92. The second-order valence-electron chi connectivity index (χ2n) is 1.58. The molecule has 8 heavy (non-hydrogen) atoms. The number of hydrogen-bond donors (Lipinski definition) is 2. The van der Waals surface area contributed by atoms with E-state index in [1.165, 1.54) is 5.56 Å². The molecule has 0 amide bonds. The van der Waals surface area contributed by atoms with Crippen LogP contribution in [0, 0.1) is 6.92 Å². The molecule has 44 valence electrons. The summed E-state index contributed by atoms with van der Waals surface area (Å²) in [6.07, 6.45) is 0. The zero-order valence-corrected chi connectivity index (χ0v) is 5.46. The smallest absolute Gasteiger partial charge is 0.105 e. The summed E-state index contributed by atoms with van der Waals surface area (Å²) in [6, 6.07) is 2.03. The van der Waals surface area contributed by atoms with E-state index in [0.29, 0.717) is 0 Å². The van der Waals surface area contributed by atoms with Crippen molar-refractivity contribution in [2.75, 3.05) is 5.43 Å². The minimum absolute atomic E-state index is 1.05. The van der Waals surface area contributed by atoms with Crippen molar-refractivity contribution in [2.45, 2.75) is 6.92 Å². The Morgan fingerprint density at radius 2 is 2.50 bits per heavy atom.